The number of hydrogen-bond donors (Lipinski definition) is 0. The maximum absolute atomic E-state index is 12.7. The third-order valence-corrected chi connectivity index (χ3v) is 5.90. The number of esters is 2. The number of fused-ring (bicyclic) bond motifs is 3. The molecule has 4 aromatic carbocycles. The molecule has 0 fully saturated rings. The molecule has 0 atom stereocenters. The van der Waals surface area contributed by atoms with Crippen LogP contribution in [-0.4, -0.2) is 16.5 Å². The molecule has 0 N–H and O–H groups in total. The van der Waals surface area contributed by atoms with E-state index in [4.69, 9.17) is 9.47 Å². The first-order chi connectivity index (χ1) is 16.6. The van der Waals surface area contributed by atoms with Gasteiger partial charge in [-0.15, -0.1) is 0 Å². The van der Waals surface area contributed by atoms with Gasteiger partial charge < -0.3 is 14.0 Å². The van der Waals surface area contributed by atoms with Crippen molar-refractivity contribution < 1.29 is 19.1 Å². The largest absolute Gasteiger partial charge is 0.457 e. The van der Waals surface area contributed by atoms with E-state index in [9.17, 15) is 9.59 Å². The highest BCUT2D eigenvalue weighted by atomic mass is 16.5. The number of nitrogens with zero attached hydrogens (tertiary/aromatic N) is 1. The Bertz CT molecular complexity index is 1370. The summed E-state index contributed by atoms with van der Waals surface area (Å²) < 4.78 is 13.0. The predicted molar refractivity (Wildman–Crippen MR) is 132 cm³/mol. The van der Waals surface area contributed by atoms with Crippen molar-refractivity contribution in [2.75, 3.05) is 0 Å². The Morgan fingerprint density at radius 1 is 0.618 bits per heavy atom. The minimum atomic E-state index is -0.388. The summed E-state index contributed by atoms with van der Waals surface area (Å²) in [5.74, 6) is -0.776. The van der Waals surface area contributed by atoms with E-state index in [1.165, 1.54) is 0 Å². The normalized spacial score (nSPS) is 11.0. The van der Waals surface area contributed by atoms with Crippen molar-refractivity contribution in [1.29, 1.82) is 0 Å². The molecule has 34 heavy (non-hydrogen) atoms. The van der Waals surface area contributed by atoms with Crippen LogP contribution in [0.2, 0.25) is 0 Å². The minimum absolute atomic E-state index is 0.213. The lowest BCUT2D eigenvalue weighted by Gasteiger charge is -2.06. The third kappa shape index (κ3) is 4.28. The molecule has 0 amide bonds. The van der Waals surface area contributed by atoms with Crippen molar-refractivity contribution in [3.8, 4) is 0 Å². The number of aryl methyl sites for hydroxylation is 1. The Balaban J connectivity index is 1.41. The molecule has 1 aromatic heterocycles. The summed E-state index contributed by atoms with van der Waals surface area (Å²) >= 11 is 0. The van der Waals surface area contributed by atoms with E-state index in [0.717, 1.165) is 32.9 Å². The number of ether oxygens (including phenoxy) is 2. The van der Waals surface area contributed by atoms with Gasteiger partial charge in [0.25, 0.3) is 0 Å². The zero-order valence-corrected chi connectivity index (χ0v) is 18.7. The standard InChI is InChI=1S/C29H23NO4/c1-30-26-14-12-22(28(31)33-18-20-8-4-2-5-9-20)16-24(26)25-17-23(13-15-27(25)30)29(32)34-19-21-10-6-3-7-11-21/h2-17H,18-19H2,1H3. The second-order valence-electron chi connectivity index (χ2n) is 8.15. The second-order valence-corrected chi connectivity index (χ2v) is 8.15. The van der Waals surface area contributed by atoms with Gasteiger partial charge in [0, 0.05) is 28.9 Å². The van der Waals surface area contributed by atoms with Crippen molar-refractivity contribution in [1.82, 2.24) is 4.57 Å². The lowest BCUT2D eigenvalue weighted by molar-refractivity contribution is 0.0464. The fourth-order valence-corrected chi connectivity index (χ4v) is 4.09. The third-order valence-electron chi connectivity index (χ3n) is 5.90. The minimum Gasteiger partial charge on any atom is -0.457 e. The van der Waals surface area contributed by atoms with Crippen LogP contribution < -0.4 is 0 Å². The first kappa shape index (κ1) is 21.5. The van der Waals surface area contributed by atoms with Crippen LogP contribution in [0, 0.1) is 0 Å². The smallest absolute Gasteiger partial charge is 0.338 e. The molecule has 0 aliphatic carbocycles. The summed E-state index contributed by atoms with van der Waals surface area (Å²) in [6.07, 6.45) is 0. The van der Waals surface area contributed by atoms with Gasteiger partial charge in [-0.1, -0.05) is 60.7 Å². The van der Waals surface area contributed by atoms with Gasteiger partial charge in [-0.05, 0) is 47.5 Å². The number of carbonyl (C=O) groups excluding carboxylic acids is 2. The highest BCUT2D eigenvalue weighted by molar-refractivity contribution is 6.11. The number of rotatable bonds is 6. The van der Waals surface area contributed by atoms with Crippen molar-refractivity contribution >= 4 is 33.7 Å². The van der Waals surface area contributed by atoms with Gasteiger partial charge in [0.1, 0.15) is 13.2 Å². The zero-order chi connectivity index (χ0) is 23.5. The van der Waals surface area contributed by atoms with Crippen LogP contribution in [0.25, 0.3) is 21.8 Å². The molecule has 5 rings (SSSR count). The topological polar surface area (TPSA) is 57.5 Å². The van der Waals surface area contributed by atoms with Gasteiger partial charge in [-0.25, -0.2) is 9.59 Å². The fourth-order valence-electron chi connectivity index (χ4n) is 4.09. The lowest BCUT2D eigenvalue weighted by atomic mass is 10.1. The van der Waals surface area contributed by atoms with Crippen LogP contribution in [0.15, 0.2) is 97.1 Å². The van der Waals surface area contributed by atoms with Crippen LogP contribution in [0.4, 0.5) is 0 Å². The zero-order valence-electron chi connectivity index (χ0n) is 18.7. The Labute approximate surface area is 197 Å². The number of carbonyl (C=O) groups is 2. The molecule has 0 aliphatic heterocycles. The molecular weight excluding hydrogens is 426 g/mol. The summed E-state index contributed by atoms with van der Waals surface area (Å²) in [6, 6.07) is 30.1. The van der Waals surface area contributed by atoms with Crippen LogP contribution in [0.3, 0.4) is 0 Å². The highest BCUT2D eigenvalue weighted by Gasteiger charge is 2.16. The van der Waals surface area contributed by atoms with Gasteiger partial charge in [0.05, 0.1) is 11.1 Å². The summed E-state index contributed by atoms with van der Waals surface area (Å²) in [4.78, 5) is 25.4. The summed E-state index contributed by atoms with van der Waals surface area (Å²) in [6.45, 7) is 0.426. The second kappa shape index (κ2) is 9.24. The molecular formula is C29H23NO4. The summed E-state index contributed by atoms with van der Waals surface area (Å²) in [5.41, 5.74) is 4.72. The average Bonchev–Trinajstić information content (AvgIpc) is 3.17. The Morgan fingerprint density at radius 3 is 1.44 bits per heavy atom. The van der Waals surface area contributed by atoms with Crippen molar-refractivity contribution in [3.05, 3.63) is 119 Å². The van der Waals surface area contributed by atoms with Gasteiger partial charge in [0.2, 0.25) is 0 Å². The molecule has 0 radical (unpaired) electrons. The molecule has 0 unspecified atom stereocenters. The number of hydrogen-bond acceptors (Lipinski definition) is 4. The molecule has 5 aromatic rings. The quantitative estimate of drug-likeness (QED) is 0.296. The molecule has 0 bridgehead atoms. The van der Waals surface area contributed by atoms with Crippen molar-refractivity contribution in [2.45, 2.75) is 13.2 Å². The van der Waals surface area contributed by atoms with E-state index in [0.29, 0.717) is 11.1 Å². The van der Waals surface area contributed by atoms with Crippen LogP contribution in [0.1, 0.15) is 31.8 Å². The summed E-state index contributed by atoms with van der Waals surface area (Å²) in [7, 11) is 1.96. The van der Waals surface area contributed by atoms with Crippen LogP contribution >= 0.6 is 0 Å². The van der Waals surface area contributed by atoms with E-state index in [1.807, 2.05) is 96.5 Å². The molecule has 0 saturated carbocycles. The number of benzene rings is 4. The molecule has 0 aliphatic rings. The van der Waals surface area contributed by atoms with E-state index >= 15 is 0 Å². The van der Waals surface area contributed by atoms with Crippen molar-refractivity contribution in [2.24, 2.45) is 7.05 Å². The van der Waals surface area contributed by atoms with E-state index < -0.39 is 0 Å². The molecule has 5 nitrogen and oxygen atoms in total. The summed E-state index contributed by atoms with van der Waals surface area (Å²) in [5, 5.41) is 1.76. The first-order valence-corrected chi connectivity index (χ1v) is 11.0. The van der Waals surface area contributed by atoms with E-state index in [1.54, 1.807) is 12.1 Å². The van der Waals surface area contributed by atoms with E-state index in [-0.39, 0.29) is 25.2 Å². The Hall–Kier alpha value is -4.38. The number of aromatic nitrogens is 1. The van der Waals surface area contributed by atoms with Gasteiger partial charge in [-0.3, -0.25) is 0 Å². The maximum Gasteiger partial charge on any atom is 0.338 e. The van der Waals surface area contributed by atoms with Crippen LogP contribution in [0.5, 0.6) is 0 Å². The van der Waals surface area contributed by atoms with Gasteiger partial charge >= 0.3 is 11.9 Å². The van der Waals surface area contributed by atoms with Gasteiger partial charge in [-0.2, -0.15) is 0 Å². The SMILES string of the molecule is Cn1c2ccc(C(=O)OCc3ccccc3)cc2c2cc(C(=O)OCc3ccccc3)ccc21. The highest BCUT2D eigenvalue weighted by Crippen LogP contribution is 2.30. The Kier molecular flexibility index (Phi) is 5.83. The van der Waals surface area contributed by atoms with Crippen molar-refractivity contribution in [3.63, 3.8) is 0 Å². The molecule has 0 spiro atoms. The maximum atomic E-state index is 12.7. The monoisotopic (exact) mass is 449 g/mol. The molecule has 168 valence electrons. The Morgan fingerprint density at radius 2 is 1.03 bits per heavy atom. The fraction of sp³-hybridized carbons (Fsp3) is 0.103. The lowest BCUT2D eigenvalue weighted by Crippen LogP contribution is -2.05. The molecule has 5 heteroatoms. The molecule has 0 saturated heterocycles. The predicted octanol–water partition coefficient (Wildman–Crippen LogP) is 6.05. The first-order valence-electron chi connectivity index (χ1n) is 11.0. The van der Waals surface area contributed by atoms with E-state index in [2.05, 4.69) is 0 Å². The molecule has 1 heterocycles. The van der Waals surface area contributed by atoms with Gasteiger partial charge in [0.15, 0.2) is 0 Å². The average molecular weight is 450 g/mol. The van der Waals surface area contributed by atoms with Crippen LogP contribution in [-0.2, 0) is 29.7 Å².